The maximum atomic E-state index is 4.11. The average molecular weight is 129 g/mol. The molecule has 1 unspecified atom stereocenters. The predicted molar refractivity (Wildman–Crippen MR) is 33.7 cm³/mol. The first-order valence-electron chi connectivity index (χ1n) is 2.34. The lowest BCUT2D eigenvalue weighted by molar-refractivity contribution is 0.615. The molecular weight excluding hydrogens is 122 g/mol. The van der Waals surface area contributed by atoms with E-state index in [0.717, 1.165) is 0 Å². The van der Waals surface area contributed by atoms with Gasteiger partial charge in [0.05, 0.1) is 11.6 Å². The Labute approximate surface area is 53.1 Å². The van der Waals surface area contributed by atoms with Crippen molar-refractivity contribution >= 4 is 12.6 Å². The van der Waals surface area contributed by atoms with Crippen molar-refractivity contribution in [3.63, 3.8) is 0 Å². The Balaban J connectivity index is 2.77. The fraction of sp³-hybridized carbons (Fsp3) is 0.500. The standard InChI is InChI=1S/C4H7N3S/c1-4(8)7-3-2-5-6-7/h2-4,8H,1H3. The van der Waals surface area contributed by atoms with Crippen molar-refractivity contribution in [2.24, 2.45) is 0 Å². The Morgan fingerprint density at radius 3 is 2.75 bits per heavy atom. The van der Waals surface area contributed by atoms with Crippen molar-refractivity contribution in [3.05, 3.63) is 12.4 Å². The van der Waals surface area contributed by atoms with Gasteiger partial charge in [0.2, 0.25) is 0 Å². The SMILES string of the molecule is CC(S)n1ccnn1. The van der Waals surface area contributed by atoms with Crippen molar-refractivity contribution in [1.82, 2.24) is 15.0 Å². The summed E-state index contributed by atoms with van der Waals surface area (Å²) >= 11 is 4.11. The van der Waals surface area contributed by atoms with Gasteiger partial charge in [-0.05, 0) is 6.92 Å². The smallest absolute Gasteiger partial charge is 0.0931 e. The molecule has 0 saturated carbocycles. The topological polar surface area (TPSA) is 30.7 Å². The highest BCUT2D eigenvalue weighted by molar-refractivity contribution is 7.80. The number of hydrogen-bond acceptors (Lipinski definition) is 3. The van der Waals surface area contributed by atoms with Crippen molar-refractivity contribution in [2.45, 2.75) is 12.3 Å². The maximum absolute atomic E-state index is 4.11. The first kappa shape index (κ1) is 5.62. The first-order valence-corrected chi connectivity index (χ1v) is 2.86. The van der Waals surface area contributed by atoms with Crippen LogP contribution in [0.3, 0.4) is 0 Å². The minimum Gasteiger partial charge on any atom is -0.240 e. The third kappa shape index (κ3) is 1.01. The molecule has 1 aromatic heterocycles. The second-order valence-electron chi connectivity index (χ2n) is 1.51. The van der Waals surface area contributed by atoms with Crippen LogP contribution in [0.5, 0.6) is 0 Å². The molecule has 0 aliphatic carbocycles. The highest BCUT2D eigenvalue weighted by atomic mass is 32.1. The lowest BCUT2D eigenvalue weighted by Crippen LogP contribution is -1.98. The summed E-state index contributed by atoms with van der Waals surface area (Å²) in [6, 6.07) is 0. The quantitative estimate of drug-likeness (QED) is 0.566. The van der Waals surface area contributed by atoms with Crippen LogP contribution in [-0.4, -0.2) is 15.0 Å². The number of rotatable bonds is 1. The van der Waals surface area contributed by atoms with Gasteiger partial charge in [-0.2, -0.15) is 12.6 Å². The highest BCUT2D eigenvalue weighted by Crippen LogP contribution is 2.04. The van der Waals surface area contributed by atoms with Gasteiger partial charge >= 0.3 is 0 Å². The molecular formula is C4H7N3S. The molecule has 1 aromatic rings. The zero-order valence-corrected chi connectivity index (χ0v) is 5.42. The zero-order chi connectivity index (χ0) is 5.98. The predicted octanol–water partition coefficient (Wildman–Crippen LogP) is 0.726. The van der Waals surface area contributed by atoms with E-state index in [9.17, 15) is 0 Å². The van der Waals surface area contributed by atoms with Crippen LogP contribution < -0.4 is 0 Å². The molecule has 1 heterocycles. The summed E-state index contributed by atoms with van der Waals surface area (Å²) < 4.78 is 1.67. The molecule has 0 aliphatic rings. The minimum atomic E-state index is 0.123. The van der Waals surface area contributed by atoms with E-state index in [4.69, 9.17) is 0 Å². The Morgan fingerprint density at radius 2 is 2.50 bits per heavy atom. The summed E-state index contributed by atoms with van der Waals surface area (Å²) in [5.41, 5.74) is 0. The Morgan fingerprint density at radius 1 is 1.75 bits per heavy atom. The fourth-order valence-corrected chi connectivity index (χ4v) is 0.540. The summed E-state index contributed by atoms with van der Waals surface area (Å²) in [5, 5.41) is 7.44. The number of aromatic nitrogens is 3. The Kier molecular flexibility index (Phi) is 1.53. The molecule has 0 spiro atoms. The lowest BCUT2D eigenvalue weighted by Gasteiger charge is -1.99. The van der Waals surface area contributed by atoms with E-state index < -0.39 is 0 Å². The molecule has 44 valence electrons. The maximum Gasteiger partial charge on any atom is 0.0931 e. The van der Waals surface area contributed by atoms with Crippen molar-refractivity contribution < 1.29 is 0 Å². The van der Waals surface area contributed by atoms with E-state index in [1.807, 2.05) is 6.92 Å². The fourth-order valence-electron chi connectivity index (χ4n) is 0.417. The third-order valence-electron chi connectivity index (χ3n) is 0.824. The lowest BCUT2D eigenvalue weighted by atomic mass is 10.7. The summed E-state index contributed by atoms with van der Waals surface area (Å²) in [7, 11) is 0. The van der Waals surface area contributed by atoms with Crippen LogP contribution in [0.25, 0.3) is 0 Å². The molecule has 0 fully saturated rings. The zero-order valence-electron chi connectivity index (χ0n) is 4.52. The second-order valence-corrected chi connectivity index (χ2v) is 2.26. The summed E-state index contributed by atoms with van der Waals surface area (Å²) in [5.74, 6) is 0. The highest BCUT2D eigenvalue weighted by Gasteiger charge is 1.93. The molecule has 0 bridgehead atoms. The number of thiol groups is 1. The molecule has 8 heavy (non-hydrogen) atoms. The van der Waals surface area contributed by atoms with Crippen LogP contribution in [-0.2, 0) is 0 Å². The number of hydrogen-bond donors (Lipinski definition) is 1. The second kappa shape index (κ2) is 2.17. The first-order chi connectivity index (χ1) is 3.80. The van der Waals surface area contributed by atoms with E-state index in [-0.39, 0.29) is 5.37 Å². The van der Waals surface area contributed by atoms with Crippen LogP contribution in [0.4, 0.5) is 0 Å². The summed E-state index contributed by atoms with van der Waals surface area (Å²) in [4.78, 5) is 0. The van der Waals surface area contributed by atoms with Crippen molar-refractivity contribution in [2.75, 3.05) is 0 Å². The van der Waals surface area contributed by atoms with E-state index in [1.165, 1.54) is 0 Å². The van der Waals surface area contributed by atoms with Gasteiger partial charge < -0.3 is 0 Å². The van der Waals surface area contributed by atoms with Crippen LogP contribution in [0, 0.1) is 0 Å². The molecule has 3 nitrogen and oxygen atoms in total. The molecule has 0 amide bonds. The van der Waals surface area contributed by atoms with E-state index in [2.05, 4.69) is 22.9 Å². The van der Waals surface area contributed by atoms with Crippen LogP contribution in [0.15, 0.2) is 12.4 Å². The third-order valence-corrected chi connectivity index (χ3v) is 1.06. The van der Waals surface area contributed by atoms with Crippen LogP contribution in [0.2, 0.25) is 0 Å². The van der Waals surface area contributed by atoms with Crippen LogP contribution in [0.1, 0.15) is 12.3 Å². The normalized spacial score (nSPS) is 13.8. The average Bonchev–Trinajstić information content (AvgIpc) is 2.12. The largest absolute Gasteiger partial charge is 0.240 e. The monoisotopic (exact) mass is 129 g/mol. The molecule has 0 aromatic carbocycles. The molecule has 0 N–H and O–H groups in total. The molecule has 1 atom stereocenters. The molecule has 0 aliphatic heterocycles. The van der Waals surface area contributed by atoms with E-state index in [1.54, 1.807) is 17.1 Å². The van der Waals surface area contributed by atoms with Gasteiger partial charge in [-0.3, -0.25) is 0 Å². The van der Waals surface area contributed by atoms with Crippen molar-refractivity contribution in [3.8, 4) is 0 Å². The molecule has 0 radical (unpaired) electrons. The van der Waals surface area contributed by atoms with E-state index in [0.29, 0.717) is 0 Å². The van der Waals surface area contributed by atoms with Crippen LogP contribution >= 0.6 is 12.6 Å². The van der Waals surface area contributed by atoms with Gasteiger partial charge in [0.25, 0.3) is 0 Å². The Hall–Kier alpha value is -0.510. The summed E-state index contributed by atoms with van der Waals surface area (Å²) in [6.07, 6.45) is 3.41. The molecule has 4 heteroatoms. The van der Waals surface area contributed by atoms with Gasteiger partial charge in [0, 0.05) is 6.20 Å². The van der Waals surface area contributed by atoms with Gasteiger partial charge in [-0.1, -0.05) is 5.21 Å². The summed E-state index contributed by atoms with van der Waals surface area (Å²) in [6.45, 7) is 1.93. The van der Waals surface area contributed by atoms with E-state index >= 15 is 0 Å². The Bertz CT molecular complexity index is 146. The van der Waals surface area contributed by atoms with Gasteiger partial charge in [-0.25, -0.2) is 4.68 Å². The molecule has 0 saturated heterocycles. The van der Waals surface area contributed by atoms with Gasteiger partial charge in [0.1, 0.15) is 0 Å². The van der Waals surface area contributed by atoms with Crippen molar-refractivity contribution in [1.29, 1.82) is 0 Å². The number of nitrogens with zero attached hydrogens (tertiary/aromatic N) is 3. The minimum absolute atomic E-state index is 0.123. The van der Waals surface area contributed by atoms with Gasteiger partial charge in [0.15, 0.2) is 0 Å². The van der Waals surface area contributed by atoms with Gasteiger partial charge in [-0.15, -0.1) is 5.10 Å². The molecule has 1 rings (SSSR count).